The van der Waals surface area contributed by atoms with Gasteiger partial charge in [-0.15, -0.1) is 5.10 Å². The molecule has 0 N–H and O–H groups in total. The number of piperidine rings is 1. The molecule has 1 atom stereocenters. The summed E-state index contributed by atoms with van der Waals surface area (Å²) in [4.78, 5) is 19.0. The van der Waals surface area contributed by atoms with Gasteiger partial charge in [-0.2, -0.15) is 5.10 Å². The van der Waals surface area contributed by atoms with Crippen molar-refractivity contribution in [1.82, 2.24) is 20.1 Å². The fourth-order valence-electron chi connectivity index (χ4n) is 3.64. The lowest BCUT2D eigenvalue weighted by Crippen LogP contribution is -2.40. The molecule has 1 aliphatic heterocycles. The van der Waals surface area contributed by atoms with Crippen molar-refractivity contribution in [2.45, 2.75) is 19.3 Å². The van der Waals surface area contributed by atoms with Crippen molar-refractivity contribution in [2.24, 2.45) is 5.92 Å². The Morgan fingerprint density at radius 3 is 2.92 bits per heavy atom. The number of likely N-dealkylation sites (tertiary alicyclic amines) is 1. The first-order valence-corrected chi connectivity index (χ1v) is 8.71. The zero-order chi connectivity index (χ0) is 17.1. The summed E-state index contributed by atoms with van der Waals surface area (Å²) in [6.45, 7) is 1.56. The number of aromatic nitrogens is 3. The van der Waals surface area contributed by atoms with Crippen molar-refractivity contribution in [3.05, 3.63) is 66.1 Å². The zero-order valence-electron chi connectivity index (χ0n) is 14.0. The number of amides is 1. The Kier molecular flexibility index (Phi) is 4.37. The SMILES string of the molecule is O=C(c1cccnn1)N1CCCC(Cc2ccnc3ccccc23)C1. The maximum atomic E-state index is 12.6. The molecular formula is C20H20N4O. The maximum absolute atomic E-state index is 12.6. The van der Waals surface area contributed by atoms with Crippen LogP contribution in [0.2, 0.25) is 0 Å². The predicted molar refractivity (Wildman–Crippen MR) is 96.1 cm³/mol. The summed E-state index contributed by atoms with van der Waals surface area (Å²) >= 11 is 0. The second-order valence-corrected chi connectivity index (χ2v) is 6.56. The Hall–Kier alpha value is -2.82. The van der Waals surface area contributed by atoms with Crippen LogP contribution in [0.5, 0.6) is 0 Å². The van der Waals surface area contributed by atoms with E-state index in [0.29, 0.717) is 11.6 Å². The van der Waals surface area contributed by atoms with E-state index >= 15 is 0 Å². The van der Waals surface area contributed by atoms with Crippen LogP contribution in [0.4, 0.5) is 0 Å². The van der Waals surface area contributed by atoms with Crippen molar-refractivity contribution in [2.75, 3.05) is 13.1 Å². The van der Waals surface area contributed by atoms with Gasteiger partial charge in [0.15, 0.2) is 5.69 Å². The van der Waals surface area contributed by atoms with E-state index in [-0.39, 0.29) is 5.91 Å². The highest BCUT2D eigenvalue weighted by Crippen LogP contribution is 2.25. The molecule has 5 heteroatoms. The van der Waals surface area contributed by atoms with Crippen LogP contribution in [0.25, 0.3) is 10.9 Å². The maximum Gasteiger partial charge on any atom is 0.274 e. The van der Waals surface area contributed by atoms with Gasteiger partial charge in [0, 0.05) is 30.9 Å². The molecule has 1 aliphatic rings. The van der Waals surface area contributed by atoms with Crippen molar-refractivity contribution in [3.63, 3.8) is 0 Å². The van der Waals surface area contributed by atoms with E-state index < -0.39 is 0 Å². The van der Waals surface area contributed by atoms with Crippen LogP contribution in [0.1, 0.15) is 28.9 Å². The molecule has 126 valence electrons. The number of hydrogen-bond donors (Lipinski definition) is 0. The van der Waals surface area contributed by atoms with Crippen molar-refractivity contribution in [1.29, 1.82) is 0 Å². The lowest BCUT2D eigenvalue weighted by molar-refractivity contribution is 0.0666. The average Bonchev–Trinajstić information content (AvgIpc) is 2.69. The second-order valence-electron chi connectivity index (χ2n) is 6.56. The van der Waals surface area contributed by atoms with E-state index in [2.05, 4.69) is 33.4 Å². The van der Waals surface area contributed by atoms with Crippen LogP contribution in [-0.4, -0.2) is 39.1 Å². The Labute approximate surface area is 146 Å². The van der Waals surface area contributed by atoms with Crippen LogP contribution in [0.3, 0.4) is 0 Å². The standard InChI is InChI=1S/C20H20N4O/c25-20(19-8-3-10-22-23-19)24-12-4-5-15(14-24)13-16-9-11-21-18-7-2-1-6-17(16)18/h1-3,6-11,15H,4-5,12-14H2. The lowest BCUT2D eigenvalue weighted by Gasteiger charge is -2.32. The van der Waals surface area contributed by atoms with Crippen molar-refractivity contribution < 1.29 is 4.79 Å². The summed E-state index contributed by atoms with van der Waals surface area (Å²) in [5, 5.41) is 8.98. The van der Waals surface area contributed by atoms with Gasteiger partial charge in [0.1, 0.15) is 0 Å². The number of carbonyl (C=O) groups excluding carboxylic acids is 1. The zero-order valence-corrected chi connectivity index (χ0v) is 14.0. The lowest BCUT2D eigenvalue weighted by atomic mass is 9.90. The number of hydrogen-bond acceptors (Lipinski definition) is 4. The van der Waals surface area contributed by atoms with Gasteiger partial charge in [-0.25, -0.2) is 0 Å². The molecule has 1 unspecified atom stereocenters. The van der Waals surface area contributed by atoms with Crippen LogP contribution >= 0.6 is 0 Å². The fourth-order valence-corrected chi connectivity index (χ4v) is 3.64. The Morgan fingerprint density at radius 1 is 1.12 bits per heavy atom. The number of benzene rings is 1. The monoisotopic (exact) mass is 332 g/mol. The summed E-state index contributed by atoms with van der Waals surface area (Å²) in [6.07, 6.45) is 6.60. The Bertz CT molecular complexity index is 876. The second kappa shape index (κ2) is 6.97. The Morgan fingerprint density at radius 2 is 2.04 bits per heavy atom. The van der Waals surface area contributed by atoms with Gasteiger partial charge < -0.3 is 4.90 Å². The topological polar surface area (TPSA) is 59.0 Å². The predicted octanol–water partition coefficient (Wildman–Crippen LogP) is 3.12. The largest absolute Gasteiger partial charge is 0.337 e. The third-order valence-corrected chi connectivity index (χ3v) is 4.85. The first-order valence-electron chi connectivity index (χ1n) is 8.71. The quantitative estimate of drug-likeness (QED) is 0.739. The third kappa shape index (κ3) is 3.36. The van der Waals surface area contributed by atoms with Gasteiger partial charge >= 0.3 is 0 Å². The molecular weight excluding hydrogens is 312 g/mol. The summed E-state index contributed by atoms with van der Waals surface area (Å²) < 4.78 is 0. The first-order chi connectivity index (χ1) is 12.3. The molecule has 1 fully saturated rings. The van der Waals surface area contributed by atoms with Crippen LogP contribution in [0, 0.1) is 5.92 Å². The third-order valence-electron chi connectivity index (χ3n) is 4.85. The van der Waals surface area contributed by atoms with Gasteiger partial charge in [0.05, 0.1) is 5.52 Å². The average molecular weight is 332 g/mol. The highest BCUT2D eigenvalue weighted by molar-refractivity contribution is 5.92. The normalized spacial score (nSPS) is 17.6. The molecule has 4 rings (SSSR count). The molecule has 0 spiro atoms. The smallest absolute Gasteiger partial charge is 0.274 e. The molecule has 3 heterocycles. The summed E-state index contributed by atoms with van der Waals surface area (Å²) in [7, 11) is 0. The molecule has 1 saturated heterocycles. The molecule has 0 radical (unpaired) electrons. The molecule has 25 heavy (non-hydrogen) atoms. The summed E-state index contributed by atoms with van der Waals surface area (Å²) in [5.74, 6) is 0.442. The first kappa shape index (κ1) is 15.7. The molecule has 1 aromatic carbocycles. The molecule has 0 aliphatic carbocycles. The van der Waals surface area contributed by atoms with E-state index in [1.54, 1.807) is 18.3 Å². The molecule has 0 saturated carbocycles. The van der Waals surface area contributed by atoms with Gasteiger partial charge in [0.25, 0.3) is 5.91 Å². The summed E-state index contributed by atoms with van der Waals surface area (Å²) in [6, 6.07) is 13.8. The van der Waals surface area contributed by atoms with Crippen LogP contribution in [0.15, 0.2) is 54.9 Å². The van der Waals surface area contributed by atoms with Crippen molar-refractivity contribution in [3.8, 4) is 0 Å². The fraction of sp³-hybridized carbons (Fsp3) is 0.300. The van der Waals surface area contributed by atoms with E-state index in [1.165, 1.54) is 10.9 Å². The Balaban J connectivity index is 1.51. The van der Waals surface area contributed by atoms with Gasteiger partial charge in [0.2, 0.25) is 0 Å². The molecule has 0 bridgehead atoms. The van der Waals surface area contributed by atoms with E-state index in [9.17, 15) is 4.79 Å². The summed E-state index contributed by atoms with van der Waals surface area (Å²) in [5.41, 5.74) is 2.77. The number of para-hydroxylation sites is 1. The van der Waals surface area contributed by atoms with E-state index in [0.717, 1.165) is 37.9 Å². The van der Waals surface area contributed by atoms with Gasteiger partial charge in [-0.05, 0) is 55.0 Å². The van der Waals surface area contributed by atoms with Crippen LogP contribution < -0.4 is 0 Å². The molecule has 2 aromatic heterocycles. The highest BCUT2D eigenvalue weighted by Gasteiger charge is 2.25. The van der Waals surface area contributed by atoms with E-state index in [4.69, 9.17) is 0 Å². The van der Waals surface area contributed by atoms with Gasteiger partial charge in [-0.1, -0.05) is 18.2 Å². The van der Waals surface area contributed by atoms with Gasteiger partial charge in [-0.3, -0.25) is 9.78 Å². The highest BCUT2D eigenvalue weighted by atomic mass is 16.2. The number of pyridine rings is 1. The van der Waals surface area contributed by atoms with E-state index in [1.807, 2.05) is 23.2 Å². The van der Waals surface area contributed by atoms with Crippen LogP contribution in [-0.2, 0) is 6.42 Å². The molecule has 5 nitrogen and oxygen atoms in total. The number of carbonyl (C=O) groups is 1. The minimum Gasteiger partial charge on any atom is -0.337 e. The number of rotatable bonds is 3. The minimum absolute atomic E-state index is 0.0163. The minimum atomic E-state index is -0.0163. The molecule has 3 aromatic rings. The van der Waals surface area contributed by atoms with Crippen molar-refractivity contribution >= 4 is 16.8 Å². The number of fused-ring (bicyclic) bond motifs is 1. The number of nitrogens with zero attached hydrogens (tertiary/aromatic N) is 4. The molecule has 1 amide bonds.